The van der Waals surface area contributed by atoms with Gasteiger partial charge in [0.25, 0.3) is 11.8 Å². The van der Waals surface area contributed by atoms with Crippen LogP contribution in [0.5, 0.6) is 0 Å². The lowest BCUT2D eigenvalue weighted by molar-refractivity contribution is -0.125. The van der Waals surface area contributed by atoms with E-state index in [1.54, 1.807) is 6.07 Å². The molecule has 1 fully saturated rings. The van der Waals surface area contributed by atoms with Crippen molar-refractivity contribution >= 4 is 29.1 Å². The first-order valence-electron chi connectivity index (χ1n) is 10.4. The number of nitrogens with one attached hydrogen (secondary N) is 2. The van der Waals surface area contributed by atoms with Crippen LogP contribution in [-0.2, 0) is 4.79 Å². The molecule has 1 aliphatic heterocycles. The molecule has 160 valence electrons. The van der Waals surface area contributed by atoms with Gasteiger partial charge in [0.05, 0.1) is 4.88 Å². The van der Waals surface area contributed by atoms with E-state index in [0.717, 1.165) is 5.56 Å². The van der Waals surface area contributed by atoms with Gasteiger partial charge in [0.15, 0.2) is 0 Å². The van der Waals surface area contributed by atoms with E-state index in [9.17, 15) is 14.4 Å². The van der Waals surface area contributed by atoms with Gasteiger partial charge in [0.1, 0.15) is 6.04 Å². The number of likely N-dealkylation sites (tertiary alicyclic amines) is 1. The third-order valence-electron chi connectivity index (χ3n) is 5.34. The largest absolute Gasteiger partial charge is 0.352 e. The fraction of sp³-hybridized carbons (Fsp3) is 0.435. The zero-order valence-corrected chi connectivity index (χ0v) is 18.5. The highest BCUT2D eigenvalue weighted by Gasteiger charge is 2.34. The number of rotatable bonds is 6. The van der Waals surface area contributed by atoms with Crippen LogP contribution in [0.3, 0.4) is 0 Å². The minimum Gasteiger partial charge on any atom is -0.352 e. The van der Waals surface area contributed by atoms with Gasteiger partial charge < -0.3 is 15.5 Å². The average molecular weight is 428 g/mol. The summed E-state index contributed by atoms with van der Waals surface area (Å²) in [5.74, 6) is -0.403. The van der Waals surface area contributed by atoms with Gasteiger partial charge in [-0.2, -0.15) is 0 Å². The number of carbonyl (C=O) groups is 3. The molecule has 1 atom stereocenters. The fourth-order valence-corrected chi connectivity index (χ4v) is 4.33. The number of thiophene rings is 1. The SMILES string of the molecule is Cc1ccc(C(=O)N2CCC([C@H](NC(=O)c3cccs3)C(=O)NC(C)C)CC2)cc1. The van der Waals surface area contributed by atoms with Gasteiger partial charge in [0, 0.05) is 24.7 Å². The number of amides is 3. The molecule has 3 amide bonds. The molecule has 0 saturated carbocycles. The summed E-state index contributed by atoms with van der Waals surface area (Å²) >= 11 is 1.35. The Morgan fingerprint density at radius 1 is 1.03 bits per heavy atom. The number of carbonyl (C=O) groups excluding carboxylic acids is 3. The summed E-state index contributed by atoms with van der Waals surface area (Å²) in [5, 5.41) is 7.70. The molecule has 0 bridgehead atoms. The van der Waals surface area contributed by atoms with Crippen molar-refractivity contribution in [3.8, 4) is 0 Å². The third kappa shape index (κ3) is 5.48. The minimum absolute atomic E-state index is 0.0122. The predicted octanol–water partition coefficient (Wildman–Crippen LogP) is 3.23. The summed E-state index contributed by atoms with van der Waals surface area (Å²) in [6, 6.07) is 10.5. The maximum Gasteiger partial charge on any atom is 0.262 e. The lowest BCUT2D eigenvalue weighted by Gasteiger charge is -2.36. The van der Waals surface area contributed by atoms with E-state index in [0.29, 0.717) is 36.4 Å². The molecule has 1 aromatic heterocycles. The van der Waals surface area contributed by atoms with Crippen LogP contribution in [0.2, 0.25) is 0 Å². The van der Waals surface area contributed by atoms with Crippen molar-refractivity contribution in [3.05, 3.63) is 57.8 Å². The van der Waals surface area contributed by atoms with Crippen molar-refractivity contribution in [1.82, 2.24) is 15.5 Å². The van der Waals surface area contributed by atoms with E-state index in [1.165, 1.54) is 11.3 Å². The molecule has 1 aliphatic rings. The van der Waals surface area contributed by atoms with Crippen LogP contribution in [0.15, 0.2) is 41.8 Å². The molecule has 0 spiro atoms. The smallest absolute Gasteiger partial charge is 0.262 e. The number of aryl methyl sites for hydroxylation is 1. The number of hydrogen-bond acceptors (Lipinski definition) is 4. The normalized spacial score (nSPS) is 15.7. The van der Waals surface area contributed by atoms with Crippen LogP contribution in [0.4, 0.5) is 0 Å². The Hall–Kier alpha value is -2.67. The van der Waals surface area contributed by atoms with Crippen molar-refractivity contribution in [2.24, 2.45) is 5.92 Å². The van der Waals surface area contributed by atoms with Gasteiger partial charge in [-0.1, -0.05) is 23.8 Å². The number of piperidine rings is 1. The first-order chi connectivity index (χ1) is 14.3. The number of benzene rings is 1. The number of hydrogen-bond donors (Lipinski definition) is 2. The highest BCUT2D eigenvalue weighted by atomic mass is 32.1. The van der Waals surface area contributed by atoms with Gasteiger partial charge in [-0.3, -0.25) is 14.4 Å². The second-order valence-electron chi connectivity index (χ2n) is 8.09. The lowest BCUT2D eigenvalue weighted by atomic mass is 9.88. The van der Waals surface area contributed by atoms with Crippen molar-refractivity contribution < 1.29 is 14.4 Å². The quantitative estimate of drug-likeness (QED) is 0.743. The molecule has 1 aromatic carbocycles. The molecule has 1 saturated heterocycles. The summed E-state index contributed by atoms with van der Waals surface area (Å²) in [4.78, 5) is 40.6. The molecule has 2 aromatic rings. The monoisotopic (exact) mass is 427 g/mol. The standard InChI is InChI=1S/C23H29N3O3S/c1-15(2)24-22(28)20(25-21(27)19-5-4-14-30-19)17-10-12-26(13-11-17)23(29)18-8-6-16(3)7-9-18/h4-9,14-15,17,20H,10-13H2,1-3H3,(H,24,28)(H,25,27)/t20-/m0/s1. The molecular weight excluding hydrogens is 398 g/mol. The van der Waals surface area contributed by atoms with Crippen LogP contribution >= 0.6 is 11.3 Å². The average Bonchev–Trinajstić information content (AvgIpc) is 3.26. The van der Waals surface area contributed by atoms with Gasteiger partial charge >= 0.3 is 0 Å². The van der Waals surface area contributed by atoms with Gasteiger partial charge in [-0.25, -0.2) is 0 Å². The Labute approximate surface area is 181 Å². The van der Waals surface area contributed by atoms with Gasteiger partial charge in [-0.05, 0) is 63.1 Å². The maximum absolute atomic E-state index is 12.8. The van der Waals surface area contributed by atoms with Crippen LogP contribution in [0.25, 0.3) is 0 Å². The first-order valence-corrected chi connectivity index (χ1v) is 11.2. The van der Waals surface area contributed by atoms with E-state index in [4.69, 9.17) is 0 Å². The highest BCUT2D eigenvalue weighted by molar-refractivity contribution is 7.12. The lowest BCUT2D eigenvalue weighted by Crippen LogP contribution is -2.54. The van der Waals surface area contributed by atoms with Crippen LogP contribution < -0.4 is 10.6 Å². The summed E-state index contributed by atoms with van der Waals surface area (Å²) in [7, 11) is 0. The van der Waals surface area contributed by atoms with E-state index in [2.05, 4.69) is 10.6 Å². The molecule has 0 aliphatic carbocycles. The molecule has 3 rings (SSSR count). The van der Waals surface area contributed by atoms with Gasteiger partial charge in [0.2, 0.25) is 5.91 Å². The highest BCUT2D eigenvalue weighted by Crippen LogP contribution is 2.23. The van der Waals surface area contributed by atoms with E-state index in [-0.39, 0.29) is 29.7 Å². The Bertz CT molecular complexity index is 870. The second-order valence-corrected chi connectivity index (χ2v) is 9.04. The van der Waals surface area contributed by atoms with E-state index in [1.807, 2.05) is 61.4 Å². The van der Waals surface area contributed by atoms with Crippen LogP contribution in [0.1, 0.15) is 52.3 Å². The van der Waals surface area contributed by atoms with Crippen molar-refractivity contribution in [2.45, 2.75) is 45.7 Å². The number of nitrogens with zero attached hydrogens (tertiary/aromatic N) is 1. The zero-order chi connectivity index (χ0) is 21.7. The summed E-state index contributed by atoms with van der Waals surface area (Å²) < 4.78 is 0. The van der Waals surface area contributed by atoms with E-state index < -0.39 is 6.04 Å². The van der Waals surface area contributed by atoms with E-state index >= 15 is 0 Å². The molecule has 7 heteroatoms. The molecule has 0 unspecified atom stereocenters. The molecular formula is C23H29N3O3S. The first kappa shape index (κ1) is 22.0. The van der Waals surface area contributed by atoms with Gasteiger partial charge in [-0.15, -0.1) is 11.3 Å². The summed E-state index contributed by atoms with van der Waals surface area (Å²) in [6.45, 7) is 6.93. The van der Waals surface area contributed by atoms with Crippen LogP contribution in [-0.4, -0.2) is 47.8 Å². The predicted molar refractivity (Wildman–Crippen MR) is 119 cm³/mol. The van der Waals surface area contributed by atoms with Crippen molar-refractivity contribution in [2.75, 3.05) is 13.1 Å². The minimum atomic E-state index is -0.612. The molecule has 0 radical (unpaired) electrons. The molecule has 6 nitrogen and oxygen atoms in total. The third-order valence-corrected chi connectivity index (χ3v) is 6.21. The topological polar surface area (TPSA) is 78.5 Å². The summed E-state index contributed by atoms with van der Waals surface area (Å²) in [5.41, 5.74) is 1.80. The Balaban J connectivity index is 1.66. The molecule has 2 heterocycles. The van der Waals surface area contributed by atoms with Crippen molar-refractivity contribution in [1.29, 1.82) is 0 Å². The Morgan fingerprint density at radius 2 is 1.70 bits per heavy atom. The molecule has 2 N–H and O–H groups in total. The Morgan fingerprint density at radius 3 is 2.27 bits per heavy atom. The fourth-order valence-electron chi connectivity index (χ4n) is 3.71. The van der Waals surface area contributed by atoms with Crippen molar-refractivity contribution in [3.63, 3.8) is 0 Å². The zero-order valence-electron chi connectivity index (χ0n) is 17.7. The second kappa shape index (κ2) is 9.89. The van der Waals surface area contributed by atoms with Crippen LogP contribution in [0, 0.1) is 12.8 Å². The maximum atomic E-state index is 12.8. The molecule has 30 heavy (non-hydrogen) atoms. The Kier molecular flexibility index (Phi) is 7.26. The summed E-state index contributed by atoms with van der Waals surface area (Å²) in [6.07, 6.45) is 1.33.